The SMILES string of the molecule is CCc1ccc(NC(=O)c2cc(C(C)C)n3nccc3n2)cc1. The minimum absolute atomic E-state index is 0.208. The fraction of sp³-hybridized carbons (Fsp3) is 0.278. The normalized spacial score (nSPS) is 11.1. The number of benzene rings is 1. The van der Waals surface area contributed by atoms with Crippen LogP contribution < -0.4 is 5.32 Å². The summed E-state index contributed by atoms with van der Waals surface area (Å²) in [5.74, 6) is 0.0376. The molecule has 0 unspecified atom stereocenters. The monoisotopic (exact) mass is 308 g/mol. The Morgan fingerprint density at radius 2 is 1.96 bits per heavy atom. The molecule has 0 aliphatic rings. The first-order chi connectivity index (χ1) is 11.1. The summed E-state index contributed by atoms with van der Waals surface area (Å²) in [4.78, 5) is 16.9. The largest absolute Gasteiger partial charge is 0.321 e. The van der Waals surface area contributed by atoms with Crippen LogP contribution in [0.5, 0.6) is 0 Å². The minimum Gasteiger partial charge on any atom is -0.321 e. The molecular formula is C18H20N4O. The van der Waals surface area contributed by atoms with Crippen LogP contribution in [0.25, 0.3) is 5.65 Å². The molecule has 0 saturated heterocycles. The van der Waals surface area contributed by atoms with Crippen LogP contribution in [0.15, 0.2) is 42.6 Å². The summed E-state index contributed by atoms with van der Waals surface area (Å²) >= 11 is 0. The number of rotatable bonds is 4. The quantitative estimate of drug-likeness (QED) is 0.800. The van der Waals surface area contributed by atoms with Crippen molar-refractivity contribution in [1.82, 2.24) is 14.6 Å². The van der Waals surface area contributed by atoms with Gasteiger partial charge in [0.25, 0.3) is 5.91 Å². The average Bonchev–Trinajstić information content (AvgIpc) is 3.02. The van der Waals surface area contributed by atoms with Crippen molar-refractivity contribution in [3.63, 3.8) is 0 Å². The lowest BCUT2D eigenvalue weighted by Gasteiger charge is -2.11. The zero-order chi connectivity index (χ0) is 16.4. The third-order valence-corrected chi connectivity index (χ3v) is 3.83. The van der Waals surface area contributed by atoms with Crippen LogP contribution in [0.2, 0.25) is 0 Å². The molecule has 3 rings (SSSR count). The molecule has 1 amide bonds. The Balaban J connectivity index is 1.90. The van der Waals surface area contributed by atoms with E-state index in [1.165, 1.54) is 5.56 Å². The fourth-order valence-corrected chi connectivity index (χ4v) is 2.48. The lowest BCUT2D eigenvalue weighted by atomic mass is 10.1. The highest BCUT2D eigenvalue weighted by Crippen LogP contribution is 2.18. The van der Waals surface area contributed by atoms with E-state index in [1.807, 2.05) is 24.3 Å². The van der Waals surface area contributed by atoms with Crippen LogP contribution in [0.3, 0.4) is 0 Å². The van der Waals surface area contributed by atoms with Gasteiger partial charge in [0.15, 0.2) is 5.65 Å². The van der Waals surface area contributed by atoms with Crippen LogP contribution in [0.1, 0.15) is 48.4 Å². The highest BCUT2D eigenvalue weighted by Gasteiger charge is 2.14. The fourth-order valence-electron chi connectivity index (χ4n) is 2.48. The summed E-state index contributed by atoms with van der Waals surface area (Å²) in [6.45, 7) is 6.24. The van der Waals surface area contributed by atoms with E-state index in [1.54, 1.807) is 22.8 Å². The van der Waals surface area contributed by atoms with Crippen LogP contribution >= 0.6 is 0 Å². The molecule has 3 aromatic rings. The molecule has 0 bridgehead atoms. The van der Waals surface area contributed by atoms with Crippen molar-refractivity contribution < 1.29 is 4.79 Å². The Morgan fingerprint density at radius 1 is 1.22 bits per heavy atom. The molecule has 23 heavy (non-hydrogen) atoms. The molecule has 0 radical (unpaired) electrons. The van der Waals surface area contributed by atoms with Gasteiger partial charge in [-0.1, -0.05) is 32.9 Å². The van der Waals surface area contributed by atoms with Crippen LogP contribution in [-0.4, -0.2) is 20.5 Å². The summed E-state index contributed by atoms with van der Waals surface area (Å²) in [5.41, 5.74) is 4.06. The highest BCUT2D eigenvalue weighted by molar-refractivity contribution is 6.03. The van der Waals surface area contributed by atoms with Gasteiger partial charge in [0.1, 0.15) is 5.69 Å². The van der Waals surface area contributed by atoms with Gasteiger partial charge in [-0.3, -0.25) is 4.79 Å². The number of carbonyl (C=O) groups is 1. The summed E-state index contributed by atoms with van der Waals surface area (Å²) in [5, 5.41) is 7.17. The predicted octanol–water partition coefficient (Wildman–Crippen LogP) is 3.67. The maximum atomic E-state index is 12.5. The molecule has 1 aromatic carbocycles. The summed E-state index contributed by atoms with van der Waals surface area (Å²) in [6, 6.07) is 11.5. The summed E-state index contributed by atoms with van der Waals surface area (Å²) in [6.07, 6.45) is 2.67. The lowest BCUT2D eigenvalue weighted by Crippen LogP contribution is -2.16. The smallest absolute Gasteiger partial charge is 0.274 e. The maximum Gasteiger partial charge on any atom is 0.274 e. The topological polar surface area (TPSA) is 59.3 Å². The Morgan fingerprint density at radius 3 is 2.61 bits per heavy atom. The molecule has 0 aliphatic heterocycles. The molecule has 0 spiro atoms. The van der Waals surface area contributed by atoms with Gasteiger partial charge in [-0.15, -0.1) is 0 Å². The van der Waals surface area contributed by atoms with E-state index < -0.39 is 0 Å². The van der Waals surface area contributed by atoms with Crippen molar-refractivity contribution >= 4 is 17.2 Å². The zero-order valence-electron chi connectivity index (χ0n) is 13.6. The molecule has 0 aliphatic carbocycles. The van der Waals surface area contributed by atoms with E-state index in [0.29, 0.717) is 11.3 Å². The van der Waals surface area contributed by atoms with E-state index in [-0.39, 0.29) is 11.8 Å². The van der Waals surface area contributed by atoms with Crippen molar-refractivity contribution in [2.24, 2.45) is 0 Å². The van der Waals surface area contributed by atoms with Gasteiger partial charge in [0.2, 0.25) is 0 Å². The number of hydrogen-bond donors (Lipinski definition) is 1. The number of aryl methyl sites for hydroxylation is 1. The third-order valence-electron chi connectivity index (χ3n) is 3.83. The van der Waals surface area contributed by atoms with E-state index in [4.69, 9.17) is 0 Å². The first-order valence-corrected chi connectivity index (χ1v) is 7.83. The van der Waals surface area contributed by atoms with Crippen LogP contribution in [0.4, 0.5) is 5.69 Å². The molecule has 118 valence electrons. The Kier molecular flexibility index (Phi) is 4.10. The van der Waals surface area contributed by atoms with Gasteiger partial charge >= 0.3 is 0 Å². The standard InChI is InChI=1S/C18H20N4O/c1-4-13-5-7-14(8-6-13)20-18(23)15-11-16(12(2)3)22-17(21-15)9-10-19-22/h5-12H,4H2,1-3H3,(H,20,23). The summed E-state index contributed by atoms with van der Waals surface area (Å²) in [7, 11) is 0. The molecule has 0 saturated carbocycles. The third kappa shape index (κ3) is 3.08. The molecular weight excluding hydrogens is 288 g/mol. The number of aromatic nitrogens is 3. The minimum atomic E-state index is -0.208. The number of fused-ring (bicyclic) bond motifs is 1. The first kappa shape index (κ1) is 15.2. The second kappa shape index (κ2) is 6.20. The van der Waals surface area contributed by atoms with Gasteiger partial charge in [0, 0.05) is 17.4 Å². The first-order valence-electron chi connectivity index (χ1n) is 7.83. The highest BCUT2D eigenvalue weighted by atomic mass is 16.1. The number of carbonyl (C=O) groups excluding carboxylic acids is 1. The van der Waals surface area contributed by atoms with Gasteiger partial charge in [-0.25, -0.2) is 9.50 Å². The average molecular weight is 308 g/mol. The van der Waals surface area contributed by atoms with Gasteiger partial charge in [0.05, 0.1) is 6.20 Å². The number of nitrogens with one attached hydrogen (secondary N) is 1. The van der Waals surface area contributed by atoms with Crippen molar-refractivity contribution in [3.05, 3.63) is 59.5 Å². The predicted molar refractivity (Wildman–Crippen MR) is 90.8 cm³/mol. The second-order valence-corrected chi connectivity index (χ2v) is 5.83. The van der Waals surface area contributed by atoms with Crippen molar-refractivity contribution in [2.45, 2.75) is 33.1 Å². The summed E-state index contributed by atoms with van der Waals surface area (Å²) < 4.78 is 1.78. The van der Waals surface area contributed by atoms with Crippen LogP contribution in [0, 0.1) is 0 Å². The van der Waals surface area contributed by atoms with E-state index in [0.717, 1.165) is 17.8 Å². The zero-order valence-corrected chi connectivity index (χ0v) is 13.6. The van der Waals surface area contributed by atoms with Crippen molar-refractivity contribution in [1.29, 1.82) is 0 Å². The van der Waals surface area contributed by atoms with Crippen LogP contribution in [-0.2, 0) is 6.42 Å². The lowest BCUT2D eigenvalue weighted by molar-refractivity contribution is 0.102. The molecule has 1 N–H and O–H groups in total. The maximum absolute atomic E-state index is 12.5. The van der Waals surface area contributed by atoms with E-state index in [9.17, 15) is 4.79 Å². The second-order valence-electron chi connectivity index (χ2n) is 5.83. The van der Waals surface area contributed by atoms with Gasteiger partial charge < -0.3 is 5.32 Å². The Bertz CT molecular complexity index is 834. The van der Waals surface area contributed by atoms with Crippen molar-refractivity contribution in [3.8, 4) is 0 Å². The number of amides is 1. The molecule has 2 heterocycles. The molecule has 5 nitrogen and oxygen atoms in total. The number of nitrogens with zero attached hydrogens (tertiary/aromatic N) is 3. The Hall–Kier alpha value is -2.69. The van der Waals surface area contributed by atoms with E-state index in [2.05, 4.69) is 36.2 Å². The van der Waals surface area contributed by atoms with Gasteiger partial charge in [-0.2, -0.15) is 5.10 Å². The molecule has 0 fully saturated rings. The number of hydrogen-bond acceptors (Lipinski definition) is 3. The molecule has 0 atom stereocenters. The van der Waals surface area contributed by atoms with Crippen molar-refractivity contribution in [2.75, 3.05) is 5.32 Å². The number of anilines is 1. The molecule has 5 heteroatoms. The Labute approximate surface area is 135 Å². The van der Waals surface area contributed by atoms with Gasteiger partial charge in [-0.05, 0) is 36.1 Å². The molecule has 2 aromatic heterocycles. The van der Waals surface area contributed by atoms with E-state index >= 15 is 0 Å².